The number of benzene rings is 1. The zero-order valence-electron chi connectivity index (χ0n) is 17.9. The van der Waals surface area contributed by atoms with Gasteiger partial charge in [-0.15, -0.1) is 11.3 Å². The number of carbonyl (C=O) groups excluding carboxylic acids is 2. The fourth-order valence-corrected chi connectivity index (χ4v) is 4.63. The molecule has 0 aliphatic rings. The summed E-state index contributed by atoms with van der Waals surface area (Å²) in [7, 11) is 1.29. The number of amides is 2. The van der Waals surface area contributed by atoms with E-state index in [4.69, 9.17) is 22.1 Å². The van der Waals surface area contributed by atoms with Gasteiger partial charge in [0.25, 0.3) is 5.91 Å². The summed E-state index contributed by atoms with van der Waals surface area (Å²) in [5, 5.41) is 3.20. The fourth-order valence-electron chi connectivity index (χ4n) is 3.43. The molecular formula is C23H21ClN4O4S. The lowest BCUT2D eigenvalue weighted by Gasteiger charge is -2.19. The van der Waals surface area contributed by atoms with Gasteiger partial charge in [-0.05, 0) is 18.6 Å². The molecule has 3 heterocycles. The maximum Gasteiger partial charge on any atom is 0.411 e. The predicted octanol–water partition coefficient (Wildman–Crippen LogP) is 5.52. The van der Waals surface area contributed by atoms with E-state index in [0.29, 0.717) is 33.4 Å². The van der Waals surface area contributed by atoms with E-state index in [1.54, 1.807) is 36.7 Å². The fraction of sp³-hybridized carbons (Fsp3) is 0.174. The van der Waals surface area contributed by atoms with Crippen LogP contribution in [0.3, 0.4) is 0 Å². The number of nitrogens with one attached hydrogen (secondary N) is 1. The number of rotatable bonds is 7. The van der Waals surface area contributed by atoms with Crippen LogP contribution in [-0.2, 0) is 4.74 Å². The molecule has 1 atom stereocenters. The standard InChI is InChI=1S/C23H21ClN4O4S/c1-3-17(14-6-4-5-7-15(14)24)32-18-11-19(33-21(18)22(25)29)16-12-26-20-10-13(8-9-28(16)20)27-23(30)31-2/h4-12,17H,3H2,1-2H3,(H2,25,29)(H,27,30)/t17-/m0/s1. The topological polar surface area (TPSA) is 108 Å². The first-order valence-electron chi connectivity index (χ1n) is 10.1. The second-order valence-electron chi connectivity index (χ2n) is 7.11. The molecule has 0 spiro atoms. The molecular weight excluding hydrogens is 464 g/mol. The number of halogens is 1. The van der Waals surface area contributed by atoms with Crippen LogP contribution in [-0.4, -0.2) is 28.5 Å². The van der Waals surface area contributed by atoms with E-state index in [2.05, 4.69) is 15.0 Å². The highest BCUT2D eigenvalue weighted by atomic mass is 35.5. The molecule has 0 aliphatic heterocycles. The number of aromatic nitrogens is 2. The van der Waals surface area contributed by atoms with Gasteiger partial charge in [0.2, 0.25) is 0 Å². The Labute approximate surface area is 198 Å². The number of carbonyl (C=O) groups is 2. The number of methoxy groups -OCH3 is 1. The van der Waals surface area contributed by atoms with Crippen LogP contribution in [0, 0.1) is 0 Å². The van der Waals surface area contributed by atoms with Crippen molar-refractivity contribution < 1.29 is 19.1 Å². The van der Waals surface area contributed by atoms with Crippen molar-refractivity contribution in [3.63, 3.8) is 0 Å². The minimum atomic E-state index is -0.575. The average Bonchev–Trinajstić information content (AvgIpc) is 3.41. The molecule has 3 aromatic heterocycles. The zero-order valence-corrected chi connectivity index (χ0v) is 19.4. The summed E-state index contributed by atoms with van der Waals surface area (Å²) < 4.78 is 12.7. The van der Waals surface area contributed by atoms with E-state index in [1.807, 2.05) is 29.5 Å². The number of hydrogen-bond acceptors (Lipinski definition) is 6. The summed E-state index contributed by atoms with van der Waals surface area (Å²) in [6, 6.07) is 12.7. The summed E-state index contributed by atoms with van der Waals surface area (Å²) >= 11 is 7.58. The van der Waals surface area contributed by atoms with E-state index >= 15 is 0 Å². The van der Waals surface area contributed by atoms with Gasteiger partial charge in [-0.25, -0.2) is 9.78 Å². The second-order valence-corrected chi connectivity index (χ2v) is 8.57. The number of nitrogens with zero attached hydrogens (tertiary/aromatic N) is 2. The lowest BCUT2D eigenvalue weighted by Crippen LogP contribution is -2.13. The molecule has 4 aromatic rings. The first-order chi connectivity index (χ1) is 15.9. The van der Waals surface area contributed by atoms with Gasteiger partial charge in [0.15, 0.2) is 0 Å². The highest BCUT2D eigenvalue weighted by molar-refractivity contribution is 7.17. The van der Waals surface area contributed by atoms with Crippen molar-refractivity contribution in [1.82, 2.24) is 9.38 Å². The van der Waals surface area contributed by atoms with Gasteiger partial charge < -0.3 is 15.2 Å². The Bertz CT molecular complexity index is 1330. The Hall–Kier alpha value is -3.56. The van der Waals surface area contributed by atoms with Gasteiger partial charge in [0, 0.05) is 34.6 Å². The van der Waals surface area contributed by atoms with Crippen LogP contribution in [0.2, 0.25) is 5.02 Å². The first-order valence-corrected chi connectivity index (χ1v) is 11.3. The SMILES string of the molecule is CC[C@H](Oc1cc(-c2cnc3cc(NC(=O)OC)ccn23)sc1C(N)=O)c1ccccc1Cl. The van der Waals surface area contributed by atoms with E-state index in [-0.39, 0.29) is 6.10 Å². The number of anilines is 1. The first kappa shape index (κ1) is 22.6. The summed E-state index contributed by atoms with van der Waals surface area (Å²) in [5.41, 5.74) is 8.40. The van der Waals surface area contributed by atoms with E-state index < -0.39 is 12.0 Å². The summed E-state index contributed by atoms with van der Waals surface area (Å²) in [6.07, 6.45) is 3.20. The van der Waals surface area contributed by atoms with Crippen LogP contribution in [0.4, 0.5) is 10.5 Å². The lowest BCUT2D eigenvalue weighted by atomic mass is 10.1. The van der Waals surface area contributed by atoms with Gasteiger partial charge in [0.05, 0.1) is 23.9 Å². The van der Waals surface area contributed by atoms with Crippen molar-refractivity contribution in [2.75, 3.05) is 12.4 Å². The van der Waals surface area contributed by atoms with Crippen LogP contribution in [0.15, 0.2) is 54.9 Å². The smallest absolute Gasteiger partial charge is 0.411 e. The number of primary amides is 1. The number of imidazole rings is 1. The van der Waals surface area contributed by atoms with Gasteiger partial charge in [-0.1, -0.05) is 36.7 Å². The minimum Gasteiger partial charge on any atom is -0.484 e. The summed E-state index contributed by atoms with van der Waals surface area (Å²) in [4.78, 5) is 29.1. The number of ether oxygens (including phenoxy) is 2. The van der Waals surface area contributed by atoms with Crippen molar-refractivity contribution >= 4 is 46.3 Å². The molecule has 10 heteroatoms. The third-order valence-corrected chi connectivity index (χ3v) is 6.51. The molecule has 0 bridgehead atoms. The van der Waals surface area contributed by atoms with Crippen molar-refractivity contribution in [2.45, 2.75) is 19.4 Å². The molecule has 3 N–H and O–H groups in total. The monoisotopic (exact) mass is 484 g/mol. The highest BCUT2D eigenvalue weighted by Gasteiger charge is 2.22. The Balaban J connectivity index is 1.69. The Kier molecular flexibility index (Phi) is 6.52. The largest absolute Gasteiger partial charge is 0.484 e. The number of pyridine rings is 1. The molecule has 8 nitrogen and oxygen atoms in total. The summed E-state index contributed by atoms with van der Waals surface area (Å²) in [6.45, 7) is 1.98. The van der Waals surface area contributed by atoms with Crippen LogP contribution in [0.25, 0.3) is 16.2 Å². The number of nitrogens with two attached hydrogens (primary N) is 1. The van der Waals surface area contributed by atoms with Crippen LogP contribution in [0.5, 0.6) is 5.75 Å². The molecule has 0 aliphatic carbocycles. The average molecular weight is 485 g/mol. The van der Waals surface area contributed by atoms with E-state index in [1.165, 1.54) is 18.4 Å². The van der Waals surface area contributed by atoms with Crippen molar-refractivity contribution in [1.29, 1.82) is 0 Å². The van der Waals surface area contributed by atoms with Gasteiger partial charge >= 0.3 is 6.09 Å². The Morgan fingerprint density at radius 3 is 2.76 bits per heavy atom. The maximum atomic E-state index is 12.2. The third-order valence-electron chi connectivity index (χ3n) is 5.01. The Morgan fingerprint density at radius 2 is 2.06 bits per heavy atom. The van der Waals surface area contributed by atoms with Gasteiger partial charge in [-0.3, -0.25) is 14.5 Å². The third kappa shape index (κ3) is 4.64. The molecule has 2 amide bonds. The molecule has 33 heavy (non-hydrogen) atoms. The molecule has 4 rings (SSSR count). The normalized spacial score (nSPS) is 11.8. The van der Waals surface area contributed by atoms with Crippen molar-refractivity contribution in [3.8, 4) is 16.3 Å². The van der Waals surface area contributed by atoms with Gasteiger partial charge in [-0.2, -0.15) is 0 Å². The molecule has 0 unspecified atom stereocenters. The molecule has 0 saturated heterocycles. The number of hydrogen-bond donors (Lipinski definition) is 2. The van der Waals surface area contributed by atoms with Crippen molar-refractivity contribution in [2.24, 2.45) is 5.73 Å². The van der Waals surface area contributed by atoms with Crippen molar-refractivity contribution in [3.05, 3.63) is 70.3 Å². The zero-order chi connectivity index (χ0) is 23.5. The quantitative estimate of drug-likeness (QED) is 0.359. The van der Waals surface area contributed by atoms with Gasteiger partial charge in [0.1, 0.15) is 22.4 Å². The van der Waals surface area contributed by atoms with E-state index in [0.717, 1.165) is 16.1 Å². The van der Waals surface area contributed by atoms with Crippen LogP contribution >= 0.6 is 22.9 Å². The van der Waals surface area contributed by atoms with Crippen LogP contribution < -0.4 is 15.8 Å². The van der Waals surface area contributed by atoms with E-state index in [9.17, 15) is 9.59 Å². The second kappa shape index (κ2) is 9.51. The molecule has 1 aromatic carbocycles. The predicted molar refractivity (Wildman–Crippen MR) is 128 cm³/mol. The lowest BCUT2D eigenvalue weighted by molar-refractivity contribution is 0.0997. The minimum absolute atomic E-state index is 0.314. The Morgan fingerprint density at radius 1 is 1.27 bits per heavy atom. The number of thiophene rings is 1. The molecule has 0 radical (unpaired) electrons. The molecule has 0 fully saturated rings. The van der Waals surface area contributed by atoms with Crippen LogP contribution in [0.1, 0.15) is 34.7 Å². The highest BCUT2D eigenvalue weighted by Crippen LogP contribution is 2.39. The maximum absolute atomic E-state index is 12.2. The molecule has 0 saturated carbocycles. The molecule has 170 valence electrons. The number of fused-ring (bicyclic) bond motifs is 1. The summed E-state index contributed by atoms with van der Waals surface area (Å²) in [5.74, 6) is -0.179.